The third-order valence-corrected chi connectivity index (χ3v) is 3.96. The van der Waals surface area contributed by atoms with E-state index in [2.05, 4.69) is 10.6 Å². The molecule has 2 N–H and O–H groups in total. The lowest BCUT2D eigenvalue weighted by atomic mass is 9.97. The van der Waals surface area contributed by atoms with Gasteiger partial charge < -0.3 is 20.3 Å². The van der Waals surface area contributed by atoms with E-state index < -0.39 is 6.09 Å². The lowest BCUT2D eigenvalue weighted by molar-refractivity contribution is -0.121. The summed E-state index contributed by atoms with van der Waals surface area (Å²) in [5.74, 6) is -0.492. The van der Waals surface area contributed by atoms with Crippen LogP contribution in [0, 0.1) is 5.92 Å². The van der Waals surface area contributed by atoms with Crippen LogP contribution in [0.25, 0.3) is 0 Å². The zero-order chi connectivity index (χ0) is 17.5. The first kappa shape index (κ1) is 17.8. The number of hydrogen-bond donors (Lipinski definition) is 2. The fourth-order valence-electron chi connectivity index (χ4n) is 2.65. The van der Waals surface area contributed by atoms with Gasteiger partial charge in [-0.25, -0.2) is 4.79 Å². The third kappa shape index (κ3) is 4.71. The van der Waals surface area contributed by atoms with E-state index in [1.54, 1.807) is 36.1 Å². The zero-order valence-corrected chi connectivity index (χ0v) is 14.0. The van der Waals surface area contributed by atoms with Crippen LogP contribution in [-0.4, -0.2) is 43.0 Å². The van der Waals surface area contributed by atoms with Crippen molar-refractivity contribution >= 4 is 29.3 Å². The van der Waals surface area contributed by atoms with Crippen LogP contribution >= 0.6 is 0 Å². The summed E-state index contributed by atoms with van der Waals surface area (Å²) in [6.07, 6.45) is 1.48. The maximum Gasteiger partial charge on any atom is 0.409 e. The van der Waals surface area contributed by atoms with Crippen LogP contribution in [0.4, 0.5) is 16.2 Å². The van der Waals surface area contributed by atoms with Crippen LogP contribution in [0.15, 0.2) is 24.3 Å². The van der Waals surface area contributed by atoms with Gasteiger partial charge in [-0.3, -0.25) is 9.59 Å². The molecular weight excluding hydrogens is 310 g/mol. The molecule has 1 fully saturated rings. The van der Waals surface area contributed by atoms with Crippen molar-refractivity contribution in [3.8, 4) is 0 Å². The van der Waals surface area contributed by atoms with E-state index in [-0.39, 0.29) is 17.7 Å². The predicted molar refractivity (Wildman–Crippen MR) is 90.7 cm³/mol. The predicted octanol–water partition coefficient (Wildman–Crippen LogP) is 2.45. The lowest BCUT2D eigenvalue weighted by Gasteiger charge is -2.30. The smallest absolute Gasteiger partial charge is 0.409 e. The number of carbonyl (C=O) groups is 3. The van der Waals surface area contributed by atoms with Gasteiger partial charge in [-0.15, -0.1) is 0 Å². The summed E-state index contributed by atoms with van der Waals surface area (Å²) in [5.41, 5.74) is 1.25. The van der Waals surface area contributed by atoms with Crippen LogP contribution < -0.4 is 10.6 Å². The van der Waals surface area contributed by atoms with E-state index in [0.717, 1.165) is 12.8 Å². The second kappa shape index (κ2) is 8.33. The molecule has 2 rings (SSSR count). The van der Waals surface area contributed by atoms with E-state index in [9.17, 15) is 14.4 Å². The summed E-state index contributed by atoms with van der Waals surface area (Å²) in [6.45, 7) is 2.73. The molecule has 130 valence electrons. The molecular formula is C17H23N3O4. The Hall–Kier alpha value is -2.57. The molecule has 1 aromatic rings. The first-order chi connectivity index (χ1) is 11.5. The van der Waals surface area contributed by atoms with Gasteiger partial charge >= 0.3 is 6.09 Å². The molecule has 7 nitrogen and oxygen atoms in total. The number of amides is 3. The number of ether oxygens (including phenoxy) is 1. The van der Waals surface area contributed by atoms with Gasteiger partial charge in [-0.05, 0) is 31.0 Å². The van der Waals surface area contributed by atoms with Crippen molar-refractivity contribution in [3.63, 3.8) is 0 Å². The van der Waals surface area contributed by atoms with Gasteiger partial charge in [0.15, 0.2) is 0 Å². The van der Waals surface area contributed by atoms with Gasteiger partial charge in [0, 0.05) is 30.9 Å². The van der Waals surface area contributed by atoms with E-state index in [4.69, 9.17) is 4.74 Å². The van der Waals surface area contributed by atoms with Gasteiger partial charge in [0.2, 0.25) is 11.8 Å². The molecule has 1 aliphatic rings. The second-order valence-electron chi connectivity index (χ2n) is 5.73. The molecule has 1 aliphatic heterocycles. The Morgan fingerprint density at radius 2 is 1.96 bits per heavy atom. The standard InChI is InChI=1S/C17H23N3O4/c1-3-15(21)18-13-7-4-8-14(10-13)19-16(22)12-6-5-9-20(11-12)17(23)24-2/h4,7-8,10,12H,3,5-6,9,11H2,1-2H3,(H,18,21)(H,19,22). The highest BCUT2D eigenvalue weighted by Crippen LogP contribution is 2.21. The minimum atomic E-state index is -0.406. The fraction of sp³-hybridized carbons (Fsp3) is 0.471. The first-order valence-electron chi connectivity index (χ1n) is 8.07. The molecule has 0 aliphatic carbocycles. The van der Waals surface area contributed by atoms with Gasteiger partial charge in [-0.2, -0.15) is 0 Å². The van der Waals surface area contributed by atoms with Crippen molar-refractivity contribution in [2.45, 2.75) is 26.2 Å². The molecule has 1 unspecified atom stereocenters. The fourth-order valence-corrected chi connectivity index (χ4v) is 2.65. The Morgan fingerprint density at radius 3 is 2.62 bits per heavy atom. The Kier molecular flexibility index (Phi) is 6.17. The van der Waals surface area contributed by atoms with Crippen LogP contribution in [0.2, 0.25) is 0 Å². The van der Waals surface area contributed by atoms with Crippen LogP contribution in [-0.2, 0) is 14.3 Å². The molecule has 0 radical (unpaired) electrons. The topological polar surface area (TPSA) is 87.7 Å². The lowest BCUT2D eigenvalue weighted by Crippen LogP contribution is -2.43. The monoisotopic (exact) mass is 333 g/mol. The van der Waals surface area contributed by atoms with Crippen LogP contribution in [0.5, 0.6) is 0 Å². The highest BCUT2D eigenvalue weighted by atomic mass is 16.5. The molecule has 24 heavy (non-hydrogen) atoms. The molecule has 7 heteroatoms. The Balaban J connectivity index is 1.97. The molecule has 3 amide bonds. The minimum Gasteiger partial charge on any atom is -0.453 e. The molecule has 0 bridgehead atoms. The van der Waals surface area contributed by atoms with Gasteiger partial charge in [0.05, 0.1) is 13.0 Å². The summed E-state index contributed by atoms with van der Waals surface area (Å²) in [4.78, 5) is 37.0. The van der Waals surface area contributed by atoms with Crippen molar-refractivity contribution in [2.75, 3.05) is 30.8 Å². The van der Waals surface area contributed by atoms with E-state index in [1.807, 2.05) is 0 Å². The van der Waals surface area contributed by atoms with Gasteiger partial charge in [-0.1, -0.05) is 13.0 Å². The number of anilines is 2. The van der Waals surface area contributed by atoms with E-state index in [0.29, 0.717) is 30.9 Å². The van der Waals surface area contributed by atoms with E-state index >= 15 is 0 Å². The summed E-state index contributed by atoms with van der Waals surface area (Å²) in [6, 6.07) is 7.01. The summed E-state index contributed by atoms with van der Waals surface area (Å²) in [5, 5.41) is 5.61. The number of hydrogen-bond acceptors (Lipinski definition) is 4. The summed E-state index contributed by atoms with van der Waals surface area (Å²) < 4.78 is 4.71. The molecule has 1 heterocycles. The maximum absolute atomic E-state index is 12.4. The molecule has 1 aromatic carbocycles. The number of carbonyl (C=O) groups excluding carboxylic acids is 3. The molecule has 1 atom stereocenters. The highest BCUT2D eigenvalue weighted by Gasteiger charge is 2.28. The van der Waals surface area contributed by atoms with Crippen molar-refractivity contribution in [1.82, 2.24) is 4.90 Å². The largest absolute Gasteiger partial charge is 0.453 e. The molecule has 0 aromatic heterocycles. The summed E-state index contributed by atoms with van der Waals surface area (Å²) in [7, 11) is 1.34. The summed E-state index contributed by atoms with van der Waals surface area (Å²) >= 11 is 0. The number of rotatable bonds is 4. The average Bonchev–Trinajstić information content (AvgIpc) is 2.61. The van der Waals surface area contributed by atoms with Crippen molar-refractivity contribution in [2.24, 2.45) is 5.92 Å². The highest BCUT2D eigenvalue weighted by molar-refractivity contribution is 5.95. The first-order valence-corrected chi connectivity index (χ1v) is 8.07. The zero-order valence-electron chi connectivity index (χ0n) is 14.0. The molecule has 0 saturated carbocycles. The number of likely N-dealkylation sites (tertiary alicyclic amines) is 1. The Bertz CT molecular complexity index is 618. The number of nitrogens with one attached hydrogen (secondary N) is 2. The van der Waals surface area contributed by atoms with Gasteiger partial charge in [0.25, 0.3) is 0 Å². The minimum absolute atomic E-state index is 0.0838. The van der Waals surface area contributed by atoms with Crippen molar-refractivity contribution in [3.05, 3.63) is 24.3 Å². The third-order valence-electron chi connectivity index (χ3n) is 3.96. The van der Waals surface area contributed by atoms with Crippen LogP contribution in [0.3, 0.4) is 0 Å². The Labute approximate surface area is 141 Å². The number of benzene rings is 1. The van der Waals surface area contributed by atoms with Gasteiger partial charge in [0.1, 0.15) is 0 Å². The number of piperidine rings is 1. The second-order valence-corrected chi connectivity index (χ2v) is 5.73. The quantitative estimate of drug-likeness (QED) is 0.886. The average molecular weight is 333 g/mol. The van der Waals surface area contributed by atoms with Crippen LogP contribution in [0.1, 0.15) is 26.2 Å². The SMILES string of the molecule is CCC(=O)Nc1cccc(NC(=O)C2CCCN(C(=O)OC)C2)c1. The number of nitrogens with zero attached hydrogens (tertiary/aromatic N) is 1. The maximum atomic E-state index is 12.4. The Morgan fingerprint density at radius 1 is 1.25 bits per heavy atom. The number of methoxy groups -OCH3 is 1. The normalized spacial score (nSPS) is 17.1. The molecule has 1 saturated heterocycles. The molecule has 0 spiro atoms. The van der Waals surface area contributed by atoms with Crippen molar-refractivity contribution < 1.29 is 19.1 Å². The van der Waals surface area contributed by atoms with Crippen molar-refractivity contribution in [1.29, 1.82) is 0 Å². The van der Waals surface area contributed by atoms with E-state index in [1.165, 1.54) is 7.11 Å².